The number of nitrogens with zero attached hydrogens (tertiary/aromatic N) is 2. The van der Waals surface area contributed by atoms with Crippen molar-refractivity contribution in [1.29, 1.82) is 0 Å². The van der Waals surface area contributed by atoms with Crippen LogP contribution in [0.3, 0.4) is 0 Å². The largest absolute Gasteiger partial charge is 0.325 e. The van der Waals surface area contributed by atoms with Gasteiger partial charge in [-0.2, -0.15) is 0 Å². The molecule has 0 aliphatic carbocycles. The highest BCUT2D eigenvalue weighted by Gasteiger charge is 2.56. The van der Waals surface area contributed by atoms with Crippen molar-refractivity contribution in [3.8, 4) is 0 Å². The number of fused-ring (bicyclic) bond motifs is 2. The highest BCUT2D eigenvalue weighted by atomic mass is 35.5. The van der Waals surface area contributed by atoms with Crippen LogP contribution in [0.5, 0.6) is 0 Å². The fourth-order valence-electron chi connectivity index (χ4n) is 5.11. The van der Waals surface area contributed by atoms with Crippen molar-refractivity contribution in [3.05, 3.63) is 109 Å². The van der Waals surface area contributed by atoms with Crippen molar-refractivity contribution in [2.45, 2.75) is 29.7 Å². The average Bonchev–Trinajstić information content (AvgIpc) is 3.37. The number of amides is 3. The first-order valence-corrected chi connectivity index (χ1v) is 14.4. The molecular weight excluding hydrogens is 573 g/mol. The van der Waals surface area contributed by atoms with Crippen LogP contribution in [-0.4, -0.2) is 27.5 Å². The van der Waals surface area contributed by atoms with Crippen LogP contribution in [0.4, 0.5) is 15.8 Å². The standard InChI is InChI=1S/C29H21ClFN3O4S2/c1-15-2-10-19(11-3-15)32-21(35)14-33-28-25(40-29(33)38)22(16-4-8-18(31)9-5-16)23-24(39-28)27(37)34(26(23)36)20-12-6-17(30)7-13-20/h2-13,22-24H,14H2,1H3,(H,32,35)/t22-,23?,24?/m1/s1. The number of hydrogen-bond acceptors (Lipinski definition) is 6. The second-order valence-corrected chi connectivity index (χ2v) is 12.2. The first-order valence-electron chi connectivity index (χ1n) is 12.4. The Bertz CT molecular complexity index is 1700. The van der Waals surface area contributed by atoms with Crippen molar-refractivity contribution < 1.29 is 18.8 Å². The summed E-state index contributed by atoms with van der Waals surface area (Å²) >= 11 is 8.08. The van der Waals surface area contributed by atoms with Crippen LogP contribution >= 0.6 is 34.7 Å². The van der Waals surface area contributed by atoms with Gasteiger partial charge in [0.15, 0.2) is 0 Å². The number of nitrogens with one attached hydrogen (secondary N) is 1. The molecule has 1 aromatic heterocycles. The Hall–Kier alpha value is -3.73. The van der Waals surface area contributed by atoms with E-state index in [0.717, 1.165) is 33.6 Å². The number of carbonyl (C=O) groups excluding carboxylic acids is 3. The van der Waals surface area contributed by atoms with Crippen molar-refractivity contribution in [3.63, 3.8) is 0 Å². The number of carbonyl (C=O) groups is 3. The summed E-state index contributed by atoms with van der Waals surface area (Å²) < 4.78 is 15.2. The molecule has 3 amide bonds. The molecule has 0 saturated carbocycles. The maximum absolute atomic E-state index is 13.8. The van der Waals surface area contributed by atoms with Crippen LogP contribution in [0.1, 0.15) is 21.9 Å². The van der Waals surface area contributed by atoms with Crippen molar-refractivity contribution >= 4 is 63.8 Å². The van der Waals surface area contributed by atoms with Gasteiger partial charge in [-0.3, -0.25) is 23.7 Å². The third-order valence-electron chi connectivity index (χ3n) is 7.00. The molecule has 2 aliphatic heterocycles. The number of hydrogen-bond donors (Lipinski definition) is 1. The molecule has 3 aromatic carbocycles. The van der Waals surface area contributed by atoms with E-state index in [2.05, 4.69) is 5.32 Å². The molecule has 2 aliphatic rings. The van der Waals surface area contributed by atoms with Crippen LogP contribution < -0.4 is 15.1 Å². The van der Waals surface area contributed by atoms with Gasteiger partial charge in [0, 0.05) is 21.5 Å². The minimum absolute atomic E-state index is 0.262. The number of imide groups is 1. The third-order valence-corrected chi connectivity index (χ3v) is 9.86. The Labute approximate surface area is 241 Å². The number of halogens is 2. The fourth-order valence-corrected chi connectivity index (χ4v) is 8.01. The van der Waals surface area contributed by atoms with Gasteiger partial charge in [0.1, 0.15) is 17.6 Å². The van der Waals surface area contributed by atoms with Crippen molar-refractivity contribution in [1.82, 2.24) is 4.57 Å². The number of aryl methyl sites for hydroxylation is 1. The molecular formula is C29H21ClFN3O4S2. The van der Waals surface area contributed by atoms with Crippen molar-refractivity contribution in [2.24, 2.45) is 5.92 Å². The van der Waals surface area contributed by atoms with E-state index in [9.17, 15) is 23.6 Å². The number of thioether (sulfide) groups is 1. The molecule has 11 heteroatoms. The van der Waals surface area contributed by atoms with Gasteiger partial charge in [-0.25, -0.2) is 9.29 Å². The van der Waals surface area contributed by atoms with E-state index in [1.807, 2.05) is 19.1 Å². The Morgan fingerprint density at radius 1 is 0.950 bits per heavy atom. The number of benzene rings is 3. The van der Waals surface area contributed by atoms with Gasteiger partial charge >= 0.3 is 4.87 Å². The molecule has 0 radical (unpaired) electrons. The zero-order valence-corrected chi connectivity index (χ0v) is 23.4. The lowest BCUT2D eigenvalue weighted by Crippen LogP contribution is -2.33. The van der Waals surface area contributed by atoms with Crippen LogP contribution in [0.25, 0.3) is 0 Å². The minimum atomic E-state index is -0.842. The predicted molar refractivity (Wildman–Crippen MR) is 154 cm³/mol. The molecule has 6 rings (SSSR count). The lowest BCUT2D eigenvalue weighted by Gasteiger charge is -2.30. The van der Waals surface area contributed by atoms with E-state index < -0.39 is 40.6 Å². The molecule has 1 saturated heterocycles. The Balaban J connectivity index is 1.40. The van der Waals surface area contributed by atoms with Gasteiger partial charge in [-0.15, -0.1) is 0 Å². The van der Waals surface area contributed by atoms with Gasteiger partial charge in [0.2, 0.25) is 17.7 Å². The van der Waals surface area contributed by atoms with E-state index in [1.165, 1.54) is 16.7 Å². The lowest BCUT2D eigenvalue weighted by molar-refractivity contribution is -0.122. The normalized spacial score (nSPS) is 19.9. The second kappa shape index (κ2) is 10.3. The Morgan fingerprint density at radius 2 is 1.62 bits per heavy atom. The van der Waals surface area contributed by atoms with Crippen LogP contribution in [-0.2, 0) is 20.9 Å². The highest BCUT2D eigenvalue weighted by Crippen LogP contribution is 2.53. The first kappa shape index (κ1) is 26.5. The first-order chi connectivity index (χ1) is 19.2. The molecule has 0 spiro atoms. The molecule has 3 atom stereocenters. The van der Waals surface area contributed by atoms with Gasteiger partial charge < -0.3 is 5.32 Å². The van der Waals surface area contributed by atoms with E-state index in [4.69, 9.17) is 11.6 Å². The molecule has 3 heterocycles. The Kier molecular flexibility index (Phi) is 6.85. The number of anilines is 2. The number of rotatable bonds is 5. The average molecular weight is 594 g/mol. The molecule has 202 valence electrons. The van der Waals surface area contributed by atoms with Crippen LogP contribution in [0.2, 0.25) is 5.02 Å². The molecule has 1 fully saturated rings. The summed E-state index contributed by atoms with van der Waals surface area (Å²) in [6.07, 6.45) is 0. The van der Waals surface area contributed by atoms with Gasteiger partial charge in [-0.05, 0) is 61.0 Å². The summed E-state index contributed by atoms with van der Waals surface area (Å²) in [5, 5.41) is 2.89. The zero-order valence-electron chi connectivity index (χ0n) is 21.0. The van der Waals surface area contributed by atoms with Gasteiger partial charge in [-0.1, -0.05) is 64.5 Å². The summed E-state index contributed by atoms with van der Waals surface area (Å²) in [5.74, 6) is -3.16. The summed E-state index contributed by atoms with van der Waals surface area (Å²) in [7, 11) is 0. The molecule has 0 bridgehead atoms. The van der Waals surface area contributed by atoms with E-state index >= 15 is 0 Å². The fraction of sp³-hybridized carbons (Fsp3) is 0.172. The predicted octanol–water partition coefficient (Wildman–Crippen LogP) is 5.45. The van der Waals surface area contributed by atoms with Crippen LogP contribution in [0, 0.1) is 18.7 Å². The van der Waals surface area contributed by atoms with E-state index in [1.54, 1.807) is 48.5 Å². The summed E-state index contributed by atoms with van der Waals surface area (Å²) in [4.78, 5) is 55.0. The SMILES string of the molecule is Cc1ccc(NC(=O)Cn2c3c(sc2=O)[C@H](c2ccc(F)cc2)C2C(=O)N(c4ccc(Cl)cc4)C(=O)C2S3)cc1. The smallest absolute Gasteiger partial charge is 0.308 e. The number of thiazole rings is 1. The molecule has 2 unspecified atom stereocenters. The lowest BCUT2D eigenvalue weighted by atomic mass is 9.83. The minimum Gasteiger partial charge on any atom is -0.325 e. The molecule has 40 heavy (non-hydrogen) atoms. The quantitative estimate of drug-likeness (QED) is 0.311. The maximum atomic E-state index is 13.8. The van der Waals surface area contributed by atoms with E-state index in [0.29, 0.717) is 31.9 Å². The molecule has 1 N–H and O–H groups in total. The van der Waals surface area contributed by atoms with Crippen LogP contribution in [0.15, 0.2) is 82.6 Å². The summed E-state index contributed by atoms with van der Waals surface area (Å²) in [6, 6.07) is 19.4. The Morgan fingerprint density at radius 3 is 2.30 bits per heavy atom. The van der Waals surface area contributed by atoms with Gasteiger partial charge in [0.05, 0.1) is 16.6 Å². The monoisotopic (exact) mass is 593 g/mol. The second-order valence-electron chi connectivity index (χ2n) is 9.62. The van der Waals surface area contributed by atoms with E-state index in [-0.39, 0.29) is 11.4 Å². The maximum Gasteiger partial charge on any atom is 0.308 e. The topological polar surface area (TPSA) is 88.5 Å². The zero-order chi connectivity index (χ0) is 28.1. The van der Waals surface area contributed by atoms with Crippen molar-refractivity contribution in [2.75, 3.05) is 10.2 Å². The number of aromatic nitrogens is 1. The highest BCUT2D eigenvalue weighted by molar-refractivity contribution is 8.00. The molecule has 4 aromatic rings. The summed E-state index contributed by atoms with van der Waals surface area (Å²) in [6.45, 7) is 1.68. The third kappa shape index (κ3) is 4.66. The summed E-state index contributed by atoms with van der Waals surface area (Å²) in [5.41, 5.74) is 2.64. The molecule has 7 nitrogen and oxygen atoms in total. The van der Waals surface area contributed by atoms with Gasteiger partial charge in [0.25, 0.3) is 0 Å².